The number of anilines is 2. The molecule has 0 bridgehead atoms. The van der Waals surface area contributed by atoms with E-state index < -0.39 is 0 Å². The Labute approximate surface area is 125 Å². The second kappa shape index (κ2) is 8.15. The van der Waals surface area contributed by atoms with Crippen molar-refractivity contribution in [2.24, 2.45) is 0 Å². The Morgan fingerprint density at radius 2 is 1.67 bits per heavy atom. The Morgan fingerprint density at radius 3 is 2.38 bits per heavy atom. The molecule has 0 saturated carbocycles. The Morgan fingerprint density at radius 1 is 0.952 bits per heavy atom. The molecule has 0 fully saturated rings. The first-order chi connectivity index (χ1) is 10.3. The van der Waals surface area contributed by atoms with Gasteiger partial charge in [-0.1, -0.05) is 13.0 Å². The summed E-state index contributed by atoms with van der Waals surface area (Å²) in [6, 6.07) is 14.3. The van der Waals surface area contributed by atoms with Crippen molar-refractivity contribution >= 4 is 11.4 Å². The average molecular weight is 288 g/mol. The molecule has 2 rings (SSSR count). The van der Waals surface area contributed by atoms with Crippen LogP contribution in [0.2, 0.25) is 0 Å². The van der Waals surface area contributed by atoms with E-state index in [0.29, 0.717) is 0 Å². The van der Waals surface area contributed by atoms with Crippen molar-refractivity contribution in [3.63, 3.8) is 0 Å². The van der Waals surface area contributed by atoms with Crippen molar-refractivity contribution in [3.05, 3.63) is 54.3 Å². The summed E-state index contributed by atoms with van der Waals surface area (Å²) >= 11 is 0. The highest BCUT2D eigenvalue weighted by molar-refractivity contribution is 5.48. The molecule has 112 valence electrons. The van der Waals surface area contributed by atoms with Crippen LogP contribution in [-0.2, 0) is 0 Å². The van der Waals surface area contributed by atoms with Crippen molar-refractivity contribution < 1.29 is 9.13 Å². The summed E-state index contributed by atoms with van der Waals surface area (Å²) in [6.45, 7) is 4.35. The van der Waals surface area contributed by atoms with E-state index in [1.807, 2.05) is 24.3 Å². The minimum absolute atomic E-state index is 0.220. The van der Waals surface area contributed by atoms with Crippen LogP contribution in [0.5, 0.6) is 5.75 Å². The van der Waals surface area contributed by atoms with Crippen LogP contribution >= 0.6 is 0 Å². The van der Waals surface area contributed by atoms with Gasteiger partial charge in [-0.05, 0) is 42.8 Å². The topological polar surface area (TPSA) is 33.3 Å². The van der Waals surface area contributed by atoms with Gasteiger partial charge in [-0.3, -0.25) is 0 Å². The molecule has 2 aromatic rings. The molecule has 2 aromatic carbocycles. The summed E-state index contributed by atoms with van der Waals surface area (Å²) < 4.78 is 18.4. The number of hydrogen-bond donors (Lipinski definition) is 2. The normalized spacial score (nSPS) is 10.2. The SMILES string of the molecule is CCCOc1cccc(NCCNc2ccc(F)cc2)c1. The third-order valence-corrected chi connectivity index (χ3v) is 2.93. The molecule has 0 saturated heterocycles. The first-order valence-electron chi connectivity index (χ1n) is 7.24. The van der Waals surface area contributed by atoms with Crippen molar-refractivity contribution in [3.8, 4) is 5.75 Å². The van der Waals surface area contributed by atoms with Crippen molar-refractivity contribution in [1.29, 1.82) is 0 Å². The third kappa shape index (κ3) is 5.34. The highest BCUT2D eigenvalue weighted by Gasteiger charge is 1.97. The van der Waals surface area contributed by atoms with Gasteiger partial charge < -0.3 is 15.4 Å². The van der Waals surface area contributed by atoms with Crippen molar-refractivity contribution in [2.45, 2.75) is 13.3 Å². The van der Waals surface area contributed by atoms with Crippen LogP contribution in [0.1, 0.15) is 13.3 Å². The lowest BCUT2D eigenvalue weighted by molar-refractivity contribution is 0.317. The van der Waals surface area contributed by atoms with Crippen LogP contribution in [0, 0.1) is 5.82 Å². The number of hydrogen-bond acceptors (Lipinski definition) is 3. The standard InChI is InChI=1S/C17H21FN2O/c1-2-12-21-17-5-3-4-16(13-17)20-11-10-19-15-8-6-14(18)7-9-15/h3-9,13,19-20H,2,10-12H2,1H3. The van der Waals surface area contributed by atoms with E-state index in [0.717, 1.165) is 43.2 Å². The van der Waals surface area contributed by atoms with E-state index in [1.54, 1.807) is 12.1 Å². The lowest BCUT2D eigenvalue weighted by Gasteiger charge is -2.10. The molecule has 0 amide bonds. The molecule has 0 radical (unpaired) electrons. The molecule has 21 heavy (non-hydrogen) atoms. The maximum atomic E-state index is 12.8. The number of nitrogens with one attached hydrogen (secondary N) is 2. The molecule has 0 aliphatic rings. The number of ether oxygens (including phenoxy) is 1. The van der Waals surface area contributed by atoms with Gasteiger partial charge >= 0.3 is 0 Å². The maximum Gasteiger partial charge on any atom is 0.123 e. The third-order valence-electron chi connectivity index (χ3n) is 2.93. The predicted molar refractivity (Wildman–Crippen MR) is 85.6 cm³/mol. The van der Waals surface area contributed by atoms with Crippen LogP contribution in [-0.4, -0.2) is 19.7 Å². The Kier molecular flexibility index (Phi) is 5.88. The summed E-state index contributed by atoms with van der Waals surface area (Å²) in [7, 11) is 0. The summed E-state index contributed by atoms with van der Waals surface area (Å²) in [4.78, 5) is 0. The highest BCUT2D eigenvalue weighted by atomic mass is 19.1. The van der Waals surface area contributed by atoms with E-state index in [9.17, 15) is 4.39 Å². The zero-order chi connectivity index (χ0) is 14.9. The number of rotatable bonds is 8. The molecule has 0 aromatic heterocycles. The molecule has 2 N–H and O–H groups in total. The van der Waals surface area contributed by atoms with Gasteiger partial charge in [-0.15, -0.1) is 0 Å². The van der Waals surface area contributed by atoms with Crippen LogP contribution < -0.4 is 15.4 Å². The number of halogens is 1. The van der Waals surface area contributed by atoms with Gasteiger partial charge in [0.25, 0.3) is 0 Å². The second-order valence-corrected chi connectivity index (χ2v) is 4.74. The fraction of sp³-hybridized carbons (Fsp3) is 0.294. The van der Waals surface area contributed by atoms with Gasteiger partial charge in [0.2, 0.25) is 0 Å². The van der Waals surface area contributed by atoms with Crippen LogP contribution in [0.25, 0.3) is 0 Å². The lowest BCUT2D eigenvalue weighted by Crippen LogP contribution is -2.13. The van der Waals surface area contributed by atoms with Crippen LogP contribution in [0.3, 0.4) is 0 Å². The summed E-state index contributed by atoms with van der Waals surface area (Å²) in [5, 5.41) is 6.56. The first-order valence-corrected chi connectivity index (χ1v) is 7.24. The quantitative estimate of drug-likeness (QED) is 0.716. The molecule has 0 aliphatic heterocycles. The maximum absolute atomic E-state index is 12.8. The Balaban J connectivity index is 1.74. The molecule has 0 aliphatic carbocycles. The lowest BCUT2D eigenvalue weighted by atomic mass is 10.3. The summed E-state index contributed by atoms with van der Waals surface area (Å²) in [6.07, 6.45) is 0.999. The Hall–Kier alpha value is -2.23. The molecule has 0 spiro atoms. The van der Waals surface area contributed by atoms with Gasteiger partial charge in [0.05, 0.1) is 6.61 Å². The van der Waals surface area contributed by atoms with Gasteiger partial charge in [-0.25, -0.2) is 4.39 Å². The van der Waals surface area contributed by atoms with E-state index in [1.165, 1.54) is 12.1 Å². The van der Waals surface area contributed by atoms with E-state index in [2.05, 4.69) is 17.6 Å². The zero-order valence-electron chi connectivity index (χ0n) is 12.2. The molecular formula is C17H21FN2O. The van der Waals surface area contributed by atoms with Gasteiger partial charge in [0.15, 0.2) is 0 Å². The largest absolute Gasteiger partial charge is 0.494 e. The van der Waals surface area contributed by atoms with E-state index >= 15 is 0 Å². The molecule has 3 nitrogen and oxygen atoms in total. The van der Waals surface area contributed by atoms with Gasteiger partial charge in [0.1, 0.15) is 11.6 Å². The summed E-state index contributed by atoms with van der Waals surface area (Å²) in [5.74, 6) is 0.663. The van der Waals surface area contributed by atoms with Crippen molar-refractivity contribution in [2.75, 3.05) is 30.3 Å². The van der Waals surface area contributed by atoms with Crippen molar-refractivity contribution in [1.82, 2.24) is 0 Å². The Bertz CT molecular complexity index is 543. The number of benzene rings is 2. The minimum atomic E-state index is -0.220. The van der Waals surface area contributed by atoms with Gasteiger partial charge in [-0.2, -0.15) is 0 Å². The molecule has 0 unspecified atom stereocenters. The smallest absolute Gasteiger partial charge is 0.123 e. The molecule has 4 heteroatoms. The summed E-state index contributed by atoms with van der Waals surface area (Å²) in [5.41, 5.74) is 1.95. The fourth-order valence-electron chi connectivity index (χ4n) is 1.90. The average Bonchev–Trinajstić information content (AvgIpc) is 2.52. The zero-order valence-corrected chi connectivity index (χ0v) is 12.2. The van der Waals surface area contributed by atoms with E-state index in [-0.39, 0.29) is 5.82 Å². The molecular weight excluding hydrogens is 267 g/mol. The fourth-order valence-corrected chi connectivity index (χ4v) is 1.90. The highest BCUT2D eigenvalue weighted by Crippen LogP contribution is 2.17. The predicted octanol–water partition coefficient (Wildman–Crippen LogP) is 4.14. The molecule has 0 atom stereocenters. The first kappa shape index (κ1) is 15.2. The van der Waals surface area contributed by atoms with Crippen LogP contribution in [0.4, 0.5) is 15.8 Å². The van der Waals surface area contributed by atoms with Gasteiger partial charge in [0, 0.05) is 30.5 Å². The van der Waals surface area contributed by atoms with E-state index in [4.69, 9.17) is 4.74 Å². The van der Waals surface area contributed by atoms with Crippen LogP contribution in [0.15, 0.2) is 48.5 Å². The monoisotopic (exact) mass is 288 g/mol. The molecule has 0 heterocycles. The minimum Gasteiger partial charge on any atom is -0.494 e. The second-order valence-electron chi connectivity index (χ2n) is 4.74.